The molecule has 2 fully saturated rings. The molecule has 4 amide bonds. The molecule has 2 heterocycles. The van der Waals surface area contributed by atoms with Gasteiger partial charge in [0.2, 0.25) is 11.8 Å². The Kier molecular flexibility index (Phi) is 9.72. The average Bonchev–Trinajstić information content (AvgIpc) is 3.39. The van der Waals surface area contributed by atoms with Gasteiger partial charge in [0, 0.05) is 37.3 Å². The molecule has 0 atom stereocenters. The zero-order valence-electron chi connectivity index (χ0n) is 21.3. The fourth-order valence-electron chi connectivity index (χ4n) is 3.72. The van der Waals surface area contributed by atoms with Crippen molar-refractivity contribution in [2.24, 2.45) is 0 Å². The summed E-state index contributed by atoms with van der Waals surface area (Å²) in [6.07, 6.45) is -0.181. The SMILES string of the molecule is O=C(CCN1C(=O)S/C(=C2/SC(=O)N(CCC(=O)Nc3ccc(C(=O)O)cc3)C2=S)C1=S)Nc1ccc(C(=O)O)cc1. The van der Waals surface area contributed by atoms with E-state index in [2.05, 4.69) is 10.6 Å². The molecular weight excluding hydrogens is 625 g/mol. The van der Waals surface area contributed by atoms with Crippen LogP contribution in [0.3, 0.4) is 0 Å². The highest BCUT2D eigenvalue weighted by atomic mass is 32.2. The highest BCUT2D eigenvalue weighted by molar-refractivity contribution is 8.23. The van der Waals surface area contributed by atoms with Gasteiger partial charge in [-0.15, -0.1) is 0 Å². The third-order valence-electron chi connectivity index (χ3n) is 5.86. The van der Waals surface area contributed by atoms with Crippen molar-refractivity contribution in [3.8, 4) is 0 Å². The molecule has 12 nitrogen and oxygen atoms in total. The predicted octanol–water partition coefficient (Wildman–Crippen LogP) is 4.64. The first-order chi connectivity index (χ1) is 19.9. The molecule has 0 aliphatic carbocycles. The number of rotatable bonds is 10. The zero-order valence-corrected chi connectivity index (χ0v) is 24.6. The number of benzene rings is 2. The van der Waals surface area contributed by atoms with Crippen molar-refractivity contribution in [2.75, 3.05) is 23.7 Å². The number of carboxylic acids is 2. The highest BCUT2D eigenvalue weighted by Crippen LogP contribution is 2.43. The van der Waals surface area contributed by atoms with E-state index in [1.165, 1.54) is 58.3 Å². The number of carbonyl (C=O) groups is 6. The summed E-state index contributed by atoms with van der Waals surface area (Å²) < 4.78 is 0. The molecule has 2 aromatic carbocycles. The standard InChI is InChI=1S/C26H20N4O8S4/c31-17(27-15-5-1-13(2-6-15)23(33)34)9-11-29-21(39)19(41-25(29)37)20-22(40)30(26(38)42-20)12-10-18(32)28-16-7-3-14(4-8-16)24(35)36/h1-8H,9-12H2,(H,27,31)(H,28,32)(H,33,34)(H,35,36)/b20-19+. The average molecular weight is 645 g/mol. The van der Waals surface area contributed by atoms with Crippen LogP contribution in [-0.2, 0) is 9.59 Å². The van der Waals surface area contributed by atoms with Crippen molar-refractivity contribution in [1.29, 1.82) is 0 Å². The second-order valence-corrected chi connectivity index (χ2v) is 11.4. The number of thiocarbonyl (C=S) groups is 2. The quantitative estimate of drug-likeness (QED) is 0.209. The first-order valence-electron chi connectivity index (χ1n) is 12.0. The number of amides is 4. The molecule has 4 rings (SSSR count). The summed E-state index contributed by atoms with van der Waals surface area (Å²) in [5.74, 6) is -3.01. The van der Waals surface area contributed by atoms with Gasteiger partial charge in [0.25, 0.3) is 10.5 Å². The Morgan fingerprint density at radius 3 is 1.29 bits per heavy atom. The zero-order chi connectivity index (χ0) is 30.6. The van der Waals surface area contributed by atoms with Gasteiger partial charge in [-0.05, 0) is 72.1 Å². The van der Waals surface area contributed by atoms with Crippen LogP contribution in [0, 0.1) is 0 Å². The van der Waals surface area contributed by atoms with Gasteiger partial charge in [-0.25, -0.2) is 9.59 Å². The van der Waals surface area contributed by atoms with Crippen LogP contribution in [0.5, 0.6) is 0 Å². The monoisotopic (exact) mass is 644 g/mol. The molecule has 42 heavy (non-hydrogen) atoms. The summed E-state index contributed by atoms with van der Waals surface area (Å²) in [5.41, 5.74) is 0.944. The number of carbonyl (C=O) groups excluding carboxylic acids is 4. The largest absolute Gasteiger partial charge is 0.478 e. The van der Waals surface area contributed by atoms with E-state index in [0.717, 1.165) is 23.5 Å². The molecule has 2 aliphatic rings. The molecule has 0 saturated carbocycles. The fraction of sp³-hybridized carbons (Fsp3) is 0.154. The number of hydrogen-bond donors (Lipinski definition) is 4. The number of anilines is 2. The lowest BCUT2D eigenvalue weighted by molar-refractivity contribution is -0.117. The smallest absolute Gasteiger partial charge is 0.335 e. The van der Waals surface area contributed by atoms with E-state index in [1.54, 1.807) is 0 Å². The summed E-state index contributed by atoms with van der Waals surface area (Å²) in [4.78, 5) is 75.5. The maximum atomic E-state index is 12.7. The first kappa shape index (κ1) is 30.8. The number of nitrogens with zero attached hydrogens (tertiary/aromatic N) is 2. The van der Waals surface area contributed by atoms with Gasteiger partial charge in [0.05, 0.1) is 20.9 Å². The van der Waals surface area contributed by atoms with Crippen LogP contribution in [0.4, 0.5) is 21.0 Å². The van der Waals surface area contributed by atoms with E-state index in [-0.39, 0.29) is 47.0 Å². The second-order valence-electron chi connectivity index (χ2n) is 8.67. The van der Waals surface area contributed by atoms with Gasteiger partial charge in [-0.1, -0.05) is 24.4 Å². The van der Waals surface area contributed by atoms with Gasteiger partial charge in [-0.2, -0.15) is 0 Å². The van der Waals surface area contributed by atoms with Gasteiger partial charge in [0.15, 0.2) is 0 Å². The Bertz CT molecular complexity index is 1440. The molecule has 4 N–H and O–H groups in total. The van der Waals surface area contributed by atoms with Gasteiger partial charge >= 0.3 is 11.9 Å². The van der Waals surface area contributed by atoms with E-state index < -0.39 is 34.2 Å². The number of aromatic carboxylic acids is 2. The van der Waals surface area contributed by atoms with Crippen LogP contribution < -0.4 is 10.6 Å². The van der Waals surface area contributed by atoms with E-state index >= 15 is 0 Å². The number of carboxylic acid groups (broad SMARTS) is 2. The molecule has 0 spiro atoms. The molecule has 0 aromatic heterocycles. The maximum absolute atomic E-state index is 12.7. The second kappa shape index (κ2) is 13.2. The van der Waals surface area contributed by atoms with Crippen molar-refractivity contribution < 1.29 is 39.0 Å². The minimum absolute atomic E-state index is 0.0246. The summed E-state index contributed by atoms with van der Waals surface area (Å²) in [6, 6.07) is 11.2. The number of thioether (sulfide) groups is 2. The Balaban J connectivity index is 1.32. The Hall–Kier alpha value is -4.12. The molecule has 0 bridgehead atoms. The number of hydrogen-bond acceptors (Lipinski definition) is 10. The molecule has 2 aliphatic heterocycles. The minimum Gasteiger partial charge on any atom is -0.478 e. The maximum Gasteiger partial charge on any atom is 0.335 e. The van der Waals surface area contributed by atoms with E-state index in [9.17, 15) is 28.8 Å². The van der Waals surface area contributed by atoms with Crippen molar-refractivity contribution in [3.05, 3.63) is 69.5 Å². The van der Waals surface area contributed by atoms with Crippen LogP contribution in [0.2, 0.25) is 0 Å². The third-order valence-corrected chi connectivity index (χ3v) is 9.09. The fourth-order valence-corrected chi connectivity index (χ4v) is 6.73. The predicted molar refractivity (Wildman–Crippen MR) is 165 cm³/mol. The van der Waals surface area contributed by atoms with Gasteiger partial charge < -0.3 is 20.8 Å². The van der Waals surface area contributed by atoms with Crippen molar-refractivity contribution in [2.45, 2.75) is 12.8 Å². The summed E-state index contributed by atoms with van der Waals surface area (Å²) in [5, 5.41) is 22.3. The lowest BCUT2D eigenvalue weighted by Crippen LogP contribution is -2.32. The molecule has 0 radical (unpaired) electrons. The Morgan fingerprint density at radius 2 is 0.976 bits per heavy atom. The number of nitrogens with one attached hydrogen (secondary N) is 2. The first-order valence-corrected chi connectivity index (χ1v) is 14.5. The third kappa shape index (κ3) is 7.20. The molecule has 0 unspecified atom stereocenters. The molecule has 2 aromatic rings. The van der Waals surface area contributed by atoms with E-state index in [0.29, 0.717) is 21.2 Å². The van der Waals surface area contributed by atoms with E-state index in [1.807, 2.05) is 0 Å². The van der Waals surface area contributed by atoms with Crippen LogP contribution in [0.15, 0.2) is 58.3 Å². The Labute approximate surface area is 257 Å². The molecule has 16 heteroatoms. The normalized spacial score (nSPS) is 16.7. The van der Waals surface area contributed by atoms with E-state index in [4.69, 9.17) is 34.6 Å². The van der Waals surface area contributed by atoms with Crippen LogP contribution in [-0.4, -0.2) is 77.3 Å². The van der Waals surface area contributed by atoms with Crippen LogP contribution in [0.25, 0.3) is 0 Å². The molecular formula is C26H20N4O8S4. The topological polar surface area (TPSA) is 173 Å². The summed E-state index contributed by atoms with van der Waals surface area (Å²) in [6.45, 7) is -0.0492. The Morgan fingerprint density at radius 1 is 0.643 bits per heavy atom. The van der Waals surface area contributed by atoms with Gasteiger partial charge in [-0.3, -0.25) is 29.0 Å². The minimum atomic E-state index is -1.09. The molecule has 2 saturated heterocycles. The van der Waals surface area contributed by atoms with Crippen molar-refractivity contribution >= 4 is 104 Å². The molecule has 216 valence electrons. The van der Waals surface area contributed by atoms with Crippen LogP contribution in [0.1, 0.15) is 33.6 Å². The summed E-state index contributed by atoms with van der Waals surface area (Å²) >= 11 is 12.5. The van der Waals surface area contributed by atoms with Crippen molar-refractivity contribution in [1.82, 2.24) is 9.80 Å². The highest BCUT2D eigenvalue weighted by Gasteiger charge is 2.41. The lowest BCUT2D eigenvalue weighted by atomic mass is 10.2. The van der Waals surface area contributed by atoms with Crippen LogP contribution >= 0.6 is 48.0 Å². The summed E-state index contributed by atoms with van der Waals surface area (Å²) in [7, 11) is 0. The lowest BCUT2D eigenvalue weighted by Gasteiger charge is -2.16. The van der Waals surface area contributed by atoms with Gasteiger partial charge in [0.1, 0.15) is 9.98 Å². The van der Waals surface area contributed by atoms with Crippen molar-refractivity contribution in [3.63, 3.8) is 0 Å².